The lowest BCUT2D eigenvalue weighted by atomic mass is 10.1. The second-order valence-electron chi connectivity index (χ2n) is 4.94. The summed E-state index contributed by atoms with van der Waals surface area (Å²) < 4.78 is 10.7. The quantitative estimate of drug-likeness (QED) is 0.791. The summed E-state index contributed by atoms with van der Waals surface area (Å²) in [5.74, 6) is 0.246. The van der Waals surface area contributed by atoms with Crippen molar-refractivity contribution in [2.75, 3.05) is 46.1 Å². The van der Waals surface area contributed by atoms with E-state index in [0.29, 0.717) is 25.7 Å². The Kier molecular flexibility index (Phi) is 5.90. The topological polar surface area (TPSA) is 50.8 Å². The highest BCUT2D eigenvalue weighted by Crippen LogP contribution is 2.08. The van der Waals surface area contributed by atoms with Gasteiger partial charge in [0.2, 0.25) is 5.91 Å². The number of nitrogens with one attached hydrogen (secondary N) is 1. The van der Waals surface area contributed by atoms with E-state index in [0.717, 1.165) is 52.1 Å². The molecule has 1 unspecified atom stereocenters. The standard InChI is InChI=1S/C13H24N2O3/c16-13(15-6-10-18-11-7-15)3-5-14-12-2-1-8-17-9-4-12/h12,14H,1-11H2. The second-order valence-corrected chi connectivity index (χ2v) is 4.94. The number of amides is 1. The first kappa shape index (κ1) is 13.8. The van der Waals surface area contributed by atoms with Crippen LogP contribution in [0.25, 0.3) is 0 Å². The van der Waals surface area contributed by atoms with E-state index in [1.807, 2.05) is 4.90 Å². The molecule has 2 rings (SSSR count). The van der Waals surface area contributed by atoms with Gasteiger partial charge in [0.15, 0.2) is 0 Å². The lowest BCUT2D eigenvalue weighted by molar-refractivity contribution is -0.135. The van der Waals surface area contributed by atoms with Crippen molar-refractivity contribution >= 4 is 5.91 Å². The molecule has 2 aliphatic heterocycles. The van der Waals surface area contributed by atoms with E-state index in [9.17, 15) is 4.79 Å². The smallest absolute Gasteiger partial charge is 0.224 e. The van der Waals surface area contributed by atoms with Crippen molar-refractivity contribution in [3.05, 3.63) is 0 Å². The van der Waals surface area contributed by atoms with Gasteiger partial charge in [-0.15, -0.1) is 0 Å². The van der Waals surface area contributed by atoms with E-state index in [2.05, 4.69) is 5.32 Å². The van der Waals surface area contributed by atoms with E-state index < -0.39 is 0 Å². The number of nitrogens with zero attached hydrogens (tertiary/aromatic N) is 1. The molecule has 0 spiro atoms. The summed E-state index contributed by atoms with van der Waals surface area (Å²) in [6, 6.07) is 0.519. The Labute approximate surface area is 109 Å². The SMILES string of the molecule is O=C(CCNC1CCCOCC1)N1CCOCC1. The molecule has 104 valence electrons. The van der Waals surface area contributed by atoms with Crippen molar-refractivity contribution in [3.8, 4) is 0 Å². The van der Waals surface area contributed by atoms with E-state index in [1.54, 1.807) is 0 Å². The Morgan fingerprint density at radius 1 is 1.11 bits per heavy atom. The van der Waals surface area contributed by atoms with Crippen molar-refractivity contribution < 1.29 is 14.3 Å². The lowest BCUT2D eigenvalue weighted by Crippen LogP contribution is -2.42. The summed E-state index contributed by atoms with van der Waals surface area (Å²) in [5.41, 5.74) is 0. The zero-order valence-corrected chi connectivity index (χ0v) is 11.0. The molecule has 2 heterocycles. The molecule has 2 fully saturated rings. The molecule has 1 atom stereocenters. The number of hydrogen-bond donors (Lipinski definition) is 1. The summed E-state index contributed by atoms with van der Waals surface area (Å²) in [6.45, 7) is 5.35. The van der Waals surface area contributed by atoms with Crippen molar-refractivity contribution in [2.45, 2.75) is 31.7 Å². The first-order valence-electron chi connectivity index (χ1n) is 7.03. The third-order valence-corrected chi connectivity index (χ3v) is 3.59. The van der Waals surface area contributed by atoms with Crippen molar-refractivity contribution in [1.82, 2.24) is 10.2 Å². The maximum atomic E-state index is 11.9. The Morgan fingerprint density at radius 3 is 2.72 bits per heavy atom. The summed E-state index contributed by atoms with van der Waals surface area (Å²) in [5, 5.41) is 3.47. The average molecular weight is 256 g/mol. The number of carbonyl (C=O) groups excluding carboxylic acids is 1. The Balaban J connectivity index is 1.60. The molecule has 0 radical (unpaired) electrons. The molecule has 18 heavy (non-hydrogen) atoms. The molecule has 0 aromatic heterocycles. The van der Waals surface area contributed by atoms with Crippen LogP contribution in [0, 0.1) is 0 Å². The minimum Gasteiger partial charge on any atom is -0.381 e. The highest BCUT2D eigenvalue weighted by atomic mass is 16.5. The van der Waals surface area contributed by atoms with Gasteiger partial charge < -0.3 is 19.7 Å². The highest BCUT2D eigenvalue weighted by molar-refractivity contribution is 5.76. The fourth-order valence-corrected chi connectivity index (χ4v) is 2.46. The van der Waals surface area contributed by atoms with Gasteiger partial charge in [0, 0.05) is 45.3 Å². The van der Waals surface area contributed by atoms with Crippen LogP contribution in [-0.4, -0.2) is 62.9 Å². The largest absolute Gasteiger partial charge is 0.381 e. The van der Waals surface area contributed by atoms with Crippen molar-refractivity contribution in [3.63, 3.8) is 0 Å². The normalized spacial score (nSPS) is 25.8. The first-order chi connectivity index (χ1) is 8.86. The zero-order valence-electron chi connectivity index (χ0n) is 11.0. The van der Waals surface area contributed by atoms with Crippen LogP contribution >= 0.6 is 0 Å². The predicted octanol–water partition coefficient (Wildman–Crippen LogP) is 0.394. The van der Waals surface area contributed by atoms with Gasteiger partial charge in [0.1, 0.15) is 0 Å². The number of carbonyl (C=O) groups is 1. The molecular weight excluding hydrogens is 232 g/mol. The molecule has 2 saturated heterocycles. The minimum absolute atomic E-state index is 0.246. The van der Waals surface area contributed by atoms with Crippen LogP contribution in [0.5, 0.6) is 0 Å². The molecule has 5 heteroatoms. The van der Waals surface area contributed by atoms with Gasteiger partial charge in [-0.3, -0.25) is 4.79 Å². The summed E-state index contributed by atoms with van der Waals surface area (Å²) in [4.78, 5) is 13.8. The summed E-state index contributed by atoms with van der Waals surface area (Å²) in [7, 11) is 0. The first-order valence-corrected chi connectivity index (χ1v) is 7.03. The predicted molar refractivity (Wildman–Crippen MR) is 68.5 cm³/mol. The van der Waals surface area contributed by atoms with Gasteiger partial charge in [-0.25, -0.2) is 0 Å². The van der Waals surface area contributed by atoms with Crippen LogP contribution in [0.3, 0.4) is 0 Å². The van der Waals surface area contributed by atoms with Crippen LogP contribution in [-0.2, 0) is 14.3 Å². The molecular formula is C13H24N2O3. The van der Waals surface area contributed by atoms with Crippen LogP contribution in [0.15, 0.2) is 0 Å². The molecule has 0 saturated carbocycles. The summed E-state index contributed by atoms with van der Waals surface area (Å²) >= 11 is 0. The number of hydrogen-bond acceptors (Lipinski definition) is 4. The fourth-order valence-electron chi connectivity index (χ4n) is 2.46. The molecule has 5 nitrogen and oxygen atoms in total. The summed E-state index contributed by atoms with van der Waals surface area (Å²) in [6.07, 6.45) is 3.93. The van der Waals surface area contributed by atoms with Gasteiger partial charge in [-0.05, 0) is 19.3 Å². The van der Waals surface area contributed by atoms with Gasteiger partial charge in [-0.1, -0.05) is 0 Å². The van der Waals surface area contributed by atoms with Gasteiger partial charge in [0.25, 0.3) is 0 Å². The number of morpholine rings is 1. The van der Waals surface area contributed by atoms with Crippen LogP contribution in [0.1, 0.15) is 25.7 Å². The molecule has 1 N–H and O–H groups in total. The van der Waals surface area contributed by atoms with Crippen molar-refractivity contribution in [2.24, 2.45) is 0 Å². The molecule has 2 aliphatic rings. The Bertz CT molecular complexity index is 247. The average Bonchev–Trinajstić information content (AvgIpc) is 2.68. The molecule has 0 aromatic carbocycles. The van der Waals surface area contributed by atoms with E-state index in [1.165, 1.54) is 0 Å². The Hall–Kier alpha value is -0.650. The van der Waals surface area contributed by atoms with Gasteiger partial charge >= 0.3 is 0 Å². The van der Waals surface area contributed by atoms with Gasteiger partial charge in [0.05, 0.1) is 13.2 Å². The fraction of sp³-hybridized carbons (Fsp3) is 0.923. The lowest BCUT2D eigenvalue weighted by Gasteiger charge is -2.27. The zero-order chi connectivity index (χ0) is 12.6. The monoisotopic (exact) mass is 256 g/mol. The van der Waals surface area contributed by atoms with E-state index >= 15 is 0 Å². The maximum absolute atomic E-state index is 11.9. The molecule has 0 aromatic rings. The highest BCUT2D eigenvalue weighted by Gasteiger charge is 2.17. The molecule has 0 bridgehead atoms. The Morgan fingerprint density at radius 2 is 1.89 bits per heavy atom. The van der Waals surface area contributed by atoms with Crippen LogP contribution in [0.4, 0.5) is 0 Å². The van der Waals surface area contributed by atoms with Crippen LogP contribution < -0.4 is 5.32 Å². The van der Waals surface area contributed by atoms with E-state index in [-0.39, 0.29) is 5.91 Å². The van der Waals surface area contributed by atoms with Crippen LogP contribution in [0.2, 0.25) is 0 Å². The minimum atomic E-state index is 0.246. The maximum Gasteiger partial charge on any atom is 0.224 e. The molecule has 0 aliphatic carbocycles. The van der Waals surface area contributed by atoms with E-state index in [4.69, 9.17) is 9.47 Å². The van der Waals surface area contributed by atoms with Gasteiger partial charge in [-0.2, -0.15) is 0 Å². The third-order valence-electron chi connectivity index (χ3n) is 3.59. The molecule has 1 amide bonds. The third kappa shape index (κ3) is 4.55. The van der Waals surface area contributed by atoms with Crippen molar-refractivity contribution in [1.29, 1.82) is 0 Å². The number of rotatable bonds is 4. The second kappa shape index (κ2) is 7.71. The number of ether oxygens (including phenoxy) is 2.